The number of hydrogen-bond acceptors (Lipinski definition) is 8. The van der Waals surface area contributed by atoms with Crippen LogP contribution in [0.3, 0.4) is 0 Å². The molecule has 9 nitrogen and oxygen atoms in total. The van der Waals surface area contributed by atoms with E-state index >= 15 is 0 Å². The van der Waals surface area contributed by atoms with Crippen LogP contribution in [-0.4, -0.2) is 52.6 Å². The summed E-state index contributed by atoms with van der Waals surface area (Å²) in [5, 5.41) is 6.36. The molecule has 1 fully saturated rings. The van der Waals surface area contributed by atoms with Gasteiger partial charge in [-0.2, -0.15) is 8.42 Å². The monoisotopic (exact) mass is 565 g/mol. The van der Waals surface area contributed by atoms with E-state index in [2.05, 4.69) is 10.6 Å². The summed E-state index contributed by atoms with van der Waals surface area (Å²) in [4.78, 5) is 15.0. The van der Waals surface area contributed by atoms with Gasteiger partial charge < -0.3 is 29.2 Å². The molecule has 5 rings (SSSR count). The molecular formula is C30H35N3O6S. The Kier molecular flexibility index (Phi) is 7.41. The van der Waals surface area contributed by atoms with Crippen molar-refractivity contribution in [3.63, 3.8) is 0 Å². The lowest BCUT2D eigenvalue weighted by atomic mass is 9.90. The molecule has 1 aliphatic carbocycles. The molecule has 3 aromatic carbocycles. The second-order valence-electron chi connectivity index (χ2n) is 10.7. The summed E-state index contributed by atoms with van der Waals surface area (Å²) in [6.45, 7) is 3.71. The van der Waals surface area contributed by atoms with Gasteiger partial charge in [0.1, 0.15) is 23.3 Å². The number of benzene rings is 3. The van der Waals surface area contributed by atoms with Gasteiger partial charge in [-0.25, -0.2) is 0 Å². The van der Waals surface area contributed by atoms with Crippen LogP contribution in [0.4, 0.5) is 17.1 Å². The maximum Gasteiger partial charge on any atom is 0.312 e. The molecule has 212 valence electrons. The highest BCUT2D eigenvalue weighted by Crippen LogP contribution is 2.45. The molecule has 1 atom stereocenters. The quantitative estimate of drug-likeness (QED) is 0.261. The van der Waals surface area contributed by atoms with Gasteiger partial charge >= 0.3 is 10.1 Å². The Morgan fingerprint density at radius 2 is 1.75 bits per heavy atom. The van der Waals surface area contributed by atoms with E-state index < -0.39 is 27.1 Å². The number of amides is 1. The Hall–Kier alpha value is -3.76. The Bertz CT molecular complexity index is 1520. The van der Waals surface area contributed by atoms with E-state index in [4.69, 9.17) is 13.7 Å². The van der Waals surface area contributed by atoms with Gasteiger partial charge in [-0.15, -0.1) is 0 Å². The third kappa shape index (κ3) is 5.46. The van der Waals surface area contributed by atoms with E-state index in [9.17, 15) is 13.2 Å². The number of fused-ring (bicyclic) bond motifs is 1. The second kappa shape index (κ2) is 10.7. The van der Waals surface area contributed by atoms with Crippen molar-refractivity contribution in [2.75, 3.05) is 36.8 Å². The van der Waals surface area contributed by atoms with Crippen molar-refractivity contribution in [2.45, 2.75) is 50.1 Å². The first kappa shape index (κ1) is 27.8. The highest BCUT2D eigenvalue weighted by Gasteiger charge is 2.40. The fourth-order valence-electron chi connectivity index (χ4n) is 5.09. The largest absolute Gasteiger partial charge is 0.496 e. The van der Waals surface area contributed by atoms with Crippen LogP contribution in [0.2, 0.25) is 0 Å². The van der Waals surface area contributed by atoms with E-state index in [1.807, 2.05) is 56.3 Å². The molecule has 10 heteroatoms. The van der Waals surface area contributed by atoms with Gasteiger partial charge in [0.25, 0.3) is 5.91 Å². The Labute approximate surface area is 235 Å². The van der Waals surface area contributed by atoms with Crippen molar-refractivity contribution < 1.29 is 26.9 Å². The molecule has 0 bridgehead atoms. The molecule has 3 aromatic rings. The first-order valence-corrected chi connectivity index (χ1v) is 14.7. The Morgan fingerprint density at radius 1 is 1.05 bits per heavy atom. The van der Waals surface area contributed by atoms with Gasteiger partial charge in [0.15, 0.2) is 0 Å². The maximum atomic E-state index is 13.3. The standard InChI is InChI=1S/C30H35N3O6S/c1-30(2)29(34)33(3)28-24(18-27(38-5)31-19-9-7-6-8-10-19)22(15-16-25(28)32-30)23-14-11-20(17-26(23)37-4)39-40(35,36)21-12-13-21/h6-11,14-17,21,27,31-32H,12-13,18H2,1-5H3. The minimum atomic E-state index is -3.67. The first-order valence-electron chi connectivity index (χ1n) is 13.2. The topological polar surface area (TPSA) is 106 Å². The van der Waals surface area contributed by atoms with Crippen LogP contribution in [0.25, 0.3) is 11.1 Å². The van der Waals surface area contributed by atoms with Crippen LogP contribution in [0.1, 0.15) is 32.3 Å². The molecule has 1 amide bonds. The van der Waals surface area contributed by atoms with Crippen LogP contribution >= 0.6 is 0 Å². The highest BCUT2D eigenvalue weighted by atomic mass is 32.2. The van der Waals surface area contributed by atoms with Gasteiger partial charge in [-0.3, -0.25) is 4.79 Å². The first-order chi connectivity index (χ1) is 19.0. The third-order valence-electron chi connectivity index (χ3n) is 7.29. The molecule has 1 aliphatic heterocycles. The van der Waals surface area contributed by atoms with Crippen LogP contribution in [0.15, 0.2) is 60.7 Å². The van der Waals surface area contributed by atoms with Gasteiger partial charge in [0, 0.05) is 37.9 Å². The number of carbonyl (C=O) groups is 1. The molecule has 1 saturated carbocycles. The average Bonchev–Trinajstić information content (AvgIpc) is 3.78. The highest BCUT2D eigenvalue weighted by molar-refractivity contribution is 7.88. The maximum absolute atomic E-state index is 13.3. The molecule has 1 heterocycles. The molecular weight excluding hydrogens is 530 g/mol. The molecule has 40 heavy (non-hydrogen) atoms. The van der Waals surface area contributed by atoms with Crippen molar-refractivity contribution in [1.29, 1.82) is 0 Å². The summed E-state index contributed by atoms with van der Waals surface area (Å²) in [5.41, 5.74) is 4.13. The fourth-order valence-corrected chi connectivity index (χ4v) is 6.32. The van der Waals surface area contributed by atoms with Crippen LogP contribution < -0.4 is 24.5 Å². The molecule has 2 aliphatic rings. The predicted octanol–water partition coefficient (Wildman–Crippen LogP) is 5.03. The SMILES string of the molecule is COc1cc(OS(=O)(=O)C2CC2)ccc1-c1ccc2c(c1CC(Nc1ccccc1)OC)N(C)C(=O)C(C)(C)N2. The number of methoxy groups -OCH3 is 2. The number of carbonyl (C=O) groups excluding carboxylic acids is 1. The number of hydrogen-bond donors (Lipinski definition) is 2. The summed E-state index contributed by atoms with van der Waals surface area (Å²) in [7, 11) is 1.28. The van der Waals surface area contributed by atoms with Gasteiger partial charge in [0.2, 0.25) is 0 Å². The van der Waals surface area contributed by atoms with Crippen molar-refractivity contribution >= 4 is 33.1 Å². The number of likely N-dealkylation sites (N-methyl/N-ethyl adjacent to an activating group) is 1. The van der Waals surface area contributed by atoms with Gasteiger partial charge in [-0.05, 0) is 68.1 Å². The van der Waals surface area contributed by atoms with Crippen LogP contribution in [0, 0.1) is 0 Å². The van der Waals surface area contributed by atoms with Crippen molar-refractivity contribution in [1.82, 2.24) is 0 Å². The normalized spacial score (nSPS) is 17.0. The van der Waals surface area contributed by atoms with E-state index in [0.717, 1.165) is 33.8 Å². The Balaban J connectivity index is 1.60. The molecule has 0 saturated heterocycles. The number of para-hydroxylation sites is 1. The number of anilines is 3. The molecule has 0 radical (unpaired) electrons. The van der Waals surface area contributed by atoms with Crippen LogP contribution in [-0.2, 0) is 26.1 Å². The zero-order valence-electron chi connectivity index (χ0n) is 23.4. The van der Waals surface area contributed by atoms with Gasteiger partial charge in [0.05, 0.1) is 23.7 Å². The van der Waals surface area contributed by atoms with E-state index in [0.29, 0.717) is 25.0 Å². The average molecular weight is 566 g/mol. The smallest absolute Gasteiger partial charge is 0.312 e. The summed E-state index contributed by atoms with van der Waals surface area (Å²) in [6.07, 6.45) is 1.24. The number of nitrogens with one attached hydrogen (secondary N) is 2. The summed E-state index contributed by atoms with van der Waals surface area (Å²) in [6, 6.07) is 18.7. The van der Waals surface area contributed by atoms with E-state index in [1.165, 1.54) is 7.11 Å². The molecule has 0 spiro atoms. The second-order valence-corrected chi connectivity index (χ2v) is 12.5. The van der Waals surface area contributed by atoms with E-state index in [-0.39, 0.29) is 11.7 Å². The minimum Gasteiger partial charge on any atom is -0.496 e. The third-order valence-corrected chi connectivity index (χ3v) is 9.00. The lowest BCUT2D eigenvalue weighted by molar-refractivity contribution is -0.121. The van der Waals surface area contributed by atoms with Crippen molar-refractivity contribution in [3.8, 4) is 22.6 Å². The summed E-state index contributed by atoms with van der Waals surface area (Å²) < 4.78 is 41.8. The number of ether oxygens (including phenoxy) is 2. The van der Waals surface area contributed by atoms with Crippen molar-refractivity contribution in [2.24, 2.45) is 0 Å². The summed E-state index contributed by atoms with van der Waals surface area (Å²) >= 11 is 0. The lowest BCUT2D eigenvalue weighted by Crippen LogP contribution is -2.52. The predicted molar refractivity (Wildman–Crippen MR) is 157 cm³/mol. The van der Waals surface area contributed by atoms with E-state index in [1.54, 1.807) is 37.3 Å². The number of nitrogens with zero attached hydrogens (tertiary/aromatic N) is 1. The summed E-state index contributed by atoms with van der Waals surface area (Å²) in [5.74, 6) is 0.584. The Morgan fingerprint density at radius 3 is 2.40 bits per heavy atom. The fraction of sp³-hybridized carbons (Fsp3) is 0.367. The van der Waals surface area contributed by atoms with Crippen molar-refractivity contribution in [3.05, 3.63) is 66.2 Å². The van der Waals surface area contributed by atoms with Crippen LogP contribution in [0.5, 0.6) is 11.5 Å². The lowest BCUT2D eigenvalue weighted by Gasteiger charge is -2.40. The molecule has 0 aromatic heterocycles. The minimum absolute atomic E-state index is 0.0654. The molecule has 1 unspecified atom stereocenters. The molecule has 2 N–H and O–H groups in total. The van der Waals surface area contributed by atoms with Gasteiger partial charge in [-0.1, -0.05) is 24.3 Å². The zero-order valence-corrected chi connectivity index (χ0v) is 24.2. The zero-order chi connectivity index (χ0) is 28.7. The number of rotatable bonds is 10.